The molecule has 0 bridgehead atoms. The summed E-state index contributed by atoms with van der Waals surface area (Å²) in [6.07, 6.45) is 0. The highest BCUT2D eigenvalue weighted by atomic mass is 19.1. The van der Waals surface area contributed by atoms with Crippen LogP contribution >= 0.6 is 0 Å². The van der Waals surface area contributed by atoms with Crippen LogP contribution in [0.5, 0.6) is 5.75 Å². The number of rotatable bonds is 6. The molecular formula is C11H15FO2. The van der Waals surface area contributed by atoms with E-state index in [1.165, 1.54) is 5.56 Å². The summed E-state index contributed by atoms with van der Waals surface area (Å²) < 4.78 is 21.9. The van der Waals surface area contributed by atoms with Crippen molar-refractivity contribution in [2.45, 2.75) is 6.92 Å². The summed E-state index contributed by atoms with van der Waals surface area (Å²) in [7, 11) is 0. The third-order valence-corrected chi connectivity index (χ3v) is 1.74. The molecule has 0 atom stereocenters. The van der Waals surface area contributed by atoms with Crippen LogP contribution in [0.1, 0.15) is 5.56 Å². The van der Waals surface area contributed by atoms with Crippen LogP contribution in [-0.2, 0) is 4.74 Å². The molecule has 14 heavy (non-hydrogen) atoms. The van der Waals surface area contributed by atoms with Gasteiger partial charge in [-0.1, -0.05) is 17.7 Å². The molecule has 0 aliphatic heterocycles. The molecule has 0 aliphatic rings. The van der Waals surface area contributed by atoms with Crippen molar-refractivity contribution in [3.8, 4) is 5.75 Å². The van der Waals surface area contributed by atoms with Gasteiger partial charge < -0.3 is 9.47 Å². The van der Waals surface area contributed by atoms with E-state index in [2.05, 4.69) is 0 Å². The lowest BCUT2D eigenvalue weighted by atomic mass is 10.2. The molecule has 0 saturated carbocycles. The third kappa shape index (κ3) is 4.23. The van der Waals surface area contributed by atoms with Crippen molar-refractivity contribution in [1.29, 1.82) is 0 Å². The second-order valence-electron chi connectivity index (χ2n) is 2.96. The summed E-state index contributed by atoms with van der Waals surface area (Å²) in [6.45, 7) is 2.62. The van der Waals surface area contributed by atoms with E-state index in [4.69, 9.17) is 9.47 Å². The van der Waals surface area contributed by atoms with Gasteiger partial charge in [-0.15, -0.1) is 0 Å². The monoisotopic (exact) mass is 198 g/mol. The molecule has 1 aromatic rings. The first kappa shape index (κ1) is 11.0. The number of hydrogen-bond acceptors (Lipinski definition) is 2. The third-order valence-electron chi connectivity index (χ3n) is 1.74. The lowest BCUT2D eigenvalue weighted by Gasteiger charge is -2.06. The fourth-order valence-corrected chi connectivity index (χ4v) is 1.01. The van der Waals surface area contributed by atoms with Crippen LogP contribution in [0.2, 0.25) is 0 Å². The van der Waals surface area contributed by atoms with Crippen molar-refractivity contribution in [3.05, 3.63) is 29.8 Å². The second-order valence-corrected chi connectivity index (χ2v) is 2.96. The highest BCUT2D eigenvalue weighted by molar-refractivity contribution is 5.26. The molecule has 0 N–H and O–H groups in total. The Bertz CT molecular complexity index is 246. The van der Waals surface area contributed by atoms with Gasteiger partial charge in [0.25, 0.3) is 0 Å². The van der Waals surface area contributed by atoms with E-state index >= 15 is 0 Å². The average Bonchev–Trinajstić information content (AvgIpc) is 2.21. The molecule has 78 valence electrons. The Morgan fingerprint density at radius 1 is 1.07 bits per heavy atom. The lowest BCUT2D eigenvalue weighted by Crippen LogP contribution is -2.08. The van der Waals surface area contributed by atoms with Gasteiger partial charge in [0, 0.05) is 0 Å². The SMILES string of the molecule is Cc1ccc(OCCOCCF)cc1. The fourth-order valence-electron chi connectivity index (χ4n) is 1.01. The Labute approximate surface area is 83.6 Å². The first-order valence-corrected chi connectivity index (χ1v) is 4.66. The summed E-state index contributed by atoms with van der Waals surface area (Å²) in [5.41, 5.74) is 1.20. The molecular weight excluding hydrogens is 183 g/mol. The Hall–Kier alpha value is -1.09. The summed E-state index contributed by atoms with van der Waals surface area (Å²) in [4.78, 5) is 0. The van der Waals surface area contributed by atoms with E-state index in [0.29, 0.717) is 13.2 Å². The topological polar surface area (TPSA) is 18.5 Å². The molecule has 0 aromatic heterocycles. The van der Waals surface area contributed by atoms with Crippen LogP contribution in [0.15, 0.2) is 24.3 Å². The minimum absolute atomic E-state index is 0.150. The Balaban J connectivity index is 2.15. The van der Waals surface area contributed by atoms with Gasteiger partial charge >= 0.3 is 0 Å². The zero-order chi connectivity index (χ0) is 10.2. The van der Waals surface area contributed by atoms with Gasteiger partial charge in [-0.3, -0.25) is 0 Å². The average molecular weight is 198 g/mol. The molecule has 0 aliphatic carbocycles. The number of hydrogen-bond donors (Lipinski definition) is 0. The molecule has 0 amide bonds. The van der Waals surface area contributed by atoms with Crippen LogP contribution in [0.4, 0.5) is 4.39 Å². The zero-order valence-corrected chi connectivity index (χ0v) is 8.33. The van der Waals surface area contributed by atoms with Crippen LogP contribution in [0.3, 0.4) is 0 Å². The van der Waals surface area contributed by atoms with Gasteiger partial charge in [0.2, 0.25) is 0 Å². The maximum atomic E-state index is 11.6. The quantitative estimate of drug-likeness (QED) is 0.653. The van der Waals surface area contributed by atoms with Crippen LogP contribution < -0.4 is 4.74 Å². The van der Waals surface area contributed by atoms with E-state index in [9.17, 15) is 4.39 Å². The Kier molecular flexibility index (Phi) is 5.00. The molecule has 3 heteroatoms. The predicted molar refractivity (Wildman–Crippen MR) is 53.5 cm³/mol. The number of halogens is 1. The highest BCUT2D eigenvalue weighted by Gasteiger charge is 1.92. The molecule has 0 saturated heterocycles. The molecule has 2 nitrogen and oxygen atoms in total. The molecule has 0 spiro atoms. The number of alkyl halides is 1. The minimum Gasteiger partial charge on any atom is -0.491 e. The van der Waals surface area contributed by atoms with E-state index in [0.717, 1.165) is 5.75 Å². The van der Waals surface area contributed by atoms with Crippen molar-refractivity contribution in [2.24, 2.45) is 0 Å². The van der Waals surface area contributed by atoms with Crippen molar-refractivity contribution >= 4 is 0 Å². The van der Waals surface area contributed by atoms with Crippen LogP contribution in [0, 0.1) is 6.92 Å². The first-order valence-electron chi connectivity index (χ1n) is 4.66. The van der Waals surface area contributed by atoms with E-state index < -0.39 is 6.67 Å². The van der Waals surface area contributed by atoms with Gasteiger partial charge in [0.1, 0.15) is 19.0 Å². The number of aryl methyl sites for hydroxylation is 1. The fraction of sp³-hybridized carbons (Fsp3) is 0.455. The summed E-state index contributed by atoms with van der Waals surface area (Å²) in [6, 6.07) is 7.78. The molecule has 0 heterocycles. The molecule has 1 rings (SSSR count). The zero-order valence-electron chi connectivity index (χ0n) is 8.33. The smallest absolute Gasteiger partial charge is 0.119 e. The van der Waals surface area contributed by atoms with E-state index in [1.54, 1.807) is 0 Å². The van der Waals surface area contributed by atoms with Crippen molar-refractivity contribution < 1.29 is 13.9 Å². The summed E-state index contributed by atoms with van der Waals surface area (Å²) >= 11 is 0. The molecule has 0 fully saturated rings. The van der Waals surface area contributed by atoms with Gasteiger partial charge in [0.05, 0.1) is 13.2 Å². The van der Waals surface area contributed by atoms with E-state index in [-0.39, 0.29) is 6.61 Å². The molecule has 0 radical (unpaired) electrons. The van der Waals surface area contributed by atoms with Gasteiger partial charge in [-0.2, -0.15) is 0 Å². The normalized spacial score (nSPS) is 10.1. The van der Waals surface area contributed by atoms with Gasteiger partial charge in [-0.25, -0.2) is 4.39 Å². The predicted octanol–water partition coefficient (Wildman–Crippen LogP) is 2.36. The maximum absolute atomic E-state index is 11.6. The summed E-state index contributed by atoms with van der Waals surface area (Å²) in [5.74, 6) is 0.819. The van der Waals surface area contributed by atoms with Crippen molar-refractivity contribution in [3.63, 3.8) is 0 Å². The van der Waals surface area contributed by atoms with Gasteiger partial charge in [0.15, 0.2) is 0 Å². The second kappa shape index (κ2) is 6.38. The summed E-state index contributed by atoms with van der Waals surface area (Å²) in [5, 5.41) is 0. The largest absolute Gasteiger partial charge is 0.491 e. The first-order chi connectivity index (χ1) is 6.83. The van der Waals surface area contributed by atoms with Crippen LogP contribution in [0.25, 0.3) is 0 Å². The van der Waals surface area contributed by atoms with E-state index in [1.807, 2.05) is 31.2 Å². The Morgan fingerprint density at radius 3 is 2.43 bits per heavy atom. The van der Waals surface area contributed by atoms with Crippen LogP contribution in [-0.4, -0.2) is 26.5 Å². The maximum Gasteiger partial charge on any atom is 0.119 e. The molecule has 1 aromatic carbocycles. The lowest BCUT2D eigenvalue weighted by molar-refractivity contribution is 0.0897. The minimum atomic E-state index is -0.440. The Morgan fingerprint density at radius 2 is 1.79 bits per heavy atom. The highest BCUT2D eigenvalue weighted by Crippen LogP contribution is 2.10. The molecule has 0 unspecified atom stereocenters. The number of ether oxygens (including phenoxy) is 2. The van der Waals surface area contributed by atoms with Crippen molar-refractivity contribution in [1.82, 2.24) is 0 Å². The number of benzene rings is 1. The van der Waals surface area contributed by atoms with Gasteiger partial charge in [-0.05, 0) is 19.1 Å². The van der Waals surface area contributed by atoms with Crippen molar-refractivity contribution in [2.75, 3.05) is 26.5 Å². The standard InChI is InChI=1S/C11H15FO2/c1-10-2-4-11(5-3-10)14-9-8-13-7-6-12/h2-5H,6-9H2,1H3.